The third-order valence-electron chi connectivity index (χ3n) is 4.95. The van der Waals surface area contributed by atoms with Crippen molar-refractivity contribution >= 4 is 15.9 Å². The maximum Gasteiger partial charge on any atom is 0.241 e. The SMILES string of the molecule is COc1ccc(S(=O)(=O)N[C@@H](C)C(=O)NCc2ccnc(OC3CCCC3)c2)cc1. The van der Waals surface area contributed by atoms with E-state index in [9.17, 15) is 13.2 Å². The fraction of sp³-hybridized carbons (Fsp3) is 0.429. The molecular formula is C21H27N3O5S. The molecule has 1 fully saturated rings. The zero-order valence-electron chi connectivity index (χ0n) is 17.1. The normalized spacial score (nSPS) is 15.5. The number of sulfonamides is 1. The lowest BCUT2D eigenvalue weighted by molar-refractivity contribution is -0.122. The lowest BCUT2D eigenvalue weighted by atomic mass is 10.2. The molecule has 1 amide bonds. The zero-order chi connectivity index (χ0) is 21.6. The van der Waals surface area contributed by atoms with Crippen molar-refractivity contribution in [1.29, 1.82) is 0 Å². The van der Waals surface area contributed by atoms with Crippen LogP contribution in [0.15, 0.2) is 47.5 Å². The number of nitrogens with one attached hydrogen (secondary N) is 2. The highest BCUT2D eigenvalue weighted by Crippen LogP contribution is 2.23. The van der Waals surface area contributed by atoms with Gasteiger partial charge in [0.15, 0.2) is 0 Å². The van der Waals surface area contributed by atoms with Crippen molar-refractivity contribution < 1.29 is 22.7 Å². The smallest absolute Gasteiger partial charge is 0.241 e. The van der Waals surface area contributed by atoms with Crippen molar-refractivity contribution in [2.45, 2.75) is 56.2 Å². The quantitative estimate of drug-likeness (QED) is 0.629. The summed E-state index contributed by atoms with van der Waals surface area (Å²) in [4.78, 5) is 16.7. The second-order valence-corrected chi connectivity index (χ2v) is 8.98. The second kappa shape index (κ2) is 9.90. The van der Waals surface area contributed by atoms with E-state index in [4.69, 9.17) is 9.47 Å². The number of hydrogen-bond acceptors (Lipinski definition) is 6. The highest BCUT2D eigenvalue weighted by Gasteiger charge is 2.22. The molecule has 3 rings (SSSR count). The molecule has 1 aliphatic carbocycles. The summed E-state index contributed by atoms with van der Waals surface area (Å²) in [6, 6.07) is 8.59. The van der Waals surface area contributed by atoms with Crippen LogP contribution in [-0.2, 0) is 21.4 Å². The Bertz CT molecular complexity index is 957. The van der Waals surface area contributed by atoms with Gasteiger partial charge >= 0.3 is 0 Å². The molecule has 0 spiro atoms. The van der Waals surface area contributed by atoms with Gasteiger partial charge in [0, 0.05) is 18.8 Å². The molecule has 1 atom stereocenters. The van der Waals surface area contributed by atoms with Crippen molar-refractivity contribution in [3.63, 3.8) is 0 Å². The van der Waals surface area contributed by atoms with Gasteiger partial charge in [-0.1, -0.05) is 0 Å². The molecule has 0 aliphatic heterocycles. The van der Waals surface area contributed by atoms with E-state index in [2.05, 4.69) is 15.0 Å². The van der Waals surface area contributed by atoms with Crippen LogP contribution in [0.1, 0.15) is 38.2 Å². The van der Waals surface area contributed by atoms with Crippen LogP contribution in [0.2, 0.25) is 0 Å². The highest BCUT2D eigenvalue weighted by molar-refractivity contribution is 7.89. The first-order chi connectivity index (χ1) is 14.4. The fourth-order valence-electron chi connectivity index (χ4n) is 3.25. The Balaban J connectivity index is 1.53. The van der Waals surface area contributed by atoms with Gasteiger partial charge in [-0.25, -0.2) is 13.4 Å². The molecule has 162 valence electrons. The summed E-state index contributed by atoms with van der Waals surface area (Å²) in [7, 11) is -2.33. The van der Waals surface area contributed by atoms with Crippen molar-refractivity contribution in [1.82, 2.24) is 15.0 Å². The summed E-state index contributed by atoms with van der Waals surface area (Å²) in [5, 5.41) is 2.74. The first kappa shape index (κ1) is 22.0. The summed E-state index contributed by atoms with van der Waals surface area (Å²) in [5.41, 5.74) is 0.830. The van der Waals surface area contributed by atoms with Gasteiger partial charge in [0.2, 0.25) is 21.8 Å². The third kappa shape index (κ3) is 5.93. The van der Waals surface area contributed by atoms with Crippen LogP contribution in [0.4, 0.5) is 0 Å². The van der Waals surface area contributed by atoms with Gasteiger partial charge in [-0.15, -0.1) is 0 Å². The van der Waals surface area contributed by atoms with E-state index in [1.807, 2.05) is 0 Å². The molecule has 30 heavy (non-hydrogen) atoms. The Hall–Kier alpha value is -2.65. The Labute approximate surface area is 177 Å². The van der Waals surface area contributed by atoms with E-state index in [1.165, 1.54) is 39.0 Å². The molecule has 2 aromatic rings. The maximum absolute atomic E-state index is 12.5. The molecule has 8 nitrogen and oxygen atoms in total. The average Bonchev–Trinajstić information content (AvgIpc) is 3.25. The van der Waals surface area contributed by atoms with E-state index >= 15 is 0 Å². The van der Waals surface area contributed by atoms with E-state index in [1.54, 1.807) is 30.5 Å². The standard InChI is InChI=1S/C21H27N3O5S/c1-15(24-30(26,27)19-9-7-17(28-2)8-10-19)21(25)23-14-16-11-12-22-20(13-16)29-18-5-3-4-6-18/h7-13,15,18,24H,3-6,14H2,1-2H3,(H,23,25)/t15-/m0/s1. The number of benzene rings is 1. The number of amides is 1. The minimum atomic E-state index is -3.83. The van der Waals surface area contributed by atoms with Crippen LogP contribution < -0.4 is 19.5 Å². The van der Waals surface area contributed by atoms with Gasteiger partial charge in [0.1, 0.15) is 11.9 Å². The van der Waals surface area contributed by atoms with Crippen molar-refractivity contribution in [2.75, 3.05) is 7.11 Å². The van der Waals surface area contributed by atoms with E-state index in [0.717, 1.165) is 18.4 Å². The monoisotopic (exact) mass is 433 g/mol. The first-order valence-corrected chi connectivity index (χ1v) is 11.4. The Morgan fingerprint density at radius 2 is 1.90 bits per heavy atom. The molecule has 0 bridgehead atoms. The molecule has 1 heterocycles. The predicted molar refractivity (Wildman–Crippen MR) is 112 cm³/mol. The number of hydrogen-bond donors (Lipinski definition) is 2. The Morgan fingerprint density at radius 1 is 1.20 bits per heavy atom. The number of carbonyl (C=O) groups is 1. The summed E-state index contributed by atoms with van der Waals surface area (Å²) in [6.45, 7) is 1.74. The van der Waals surface area contributed by atoms with Crippen LogP contribution in [0.25, 0.3) is 0 Å². The predicted octanol–water partition coefficient (Wildman–Crippen LogP) is 2.39. The van der Waals surface area contributed by atoms with Gasteiger partial charge < -0.3 is 14.8 Å². The van der Waals surface area contributed by atoms with Crippen LogP contribution in [0, 0.1) is 0 Å². The number of methoxy groups -OCH3 is 1. The molecular weight excluding hydrogens is 406 g/mol. The van der Waals surface area contributed by atoms with Gasteiger partial charge in [0.25, 0.3) is 0 Å². The fourth-order valence-corrected chi connectivity index (χ4v) is 4.46. The number of nitrogens with zero attached hydrogens (tertiary/aromatic N) is 1. The summed E-state index contributed by atoms with van der Waals surface area (Å²) in [6.07, 6.45) is 6.26. The minimum Gasteiger partial charge on any atom is -0.497 e. The van der Waals surface area contributed by atoms with Crippen LogP contribution in [0.3, 0.4) is 0 Å². The summed E-state index contributed by atoms with van der Waals surface area (Å²) in [5.74, 6) is 0.664. The van der Waals surface area contributed by atoms with Crippen LogP contribution in [-0.4, -0.2) is 38.6 Å². The summed E-state index contributed by atoms with van der Waals surface area (Å²) >= 11 is 0. The molecule has 1 aliphatic rings. The molecule has 9 heteroatoms. The lowest BCUT2D eigenvalue weighted by Gasteiger charge is -2.15. The van der Waals surface area contributed by atoms with E-state index in [0.29, 0.717) is 11.6 Å². The molecule has 1 saturated carbocycles. The van der Waals surface area contributed by atoms with Gasteiger partial charge in [-0.05, 0) is 68.5 Å². The molecule has 2 N–H and O–H groups in total. The van der Waals surface area contributed by atoms with Crippen molar-refractivity contribution in [3.8, 4) is 11.6 Å². The highest BCUT2D eigenvalue weighted by atomic mass is 32.2. The van der Waals surface area contributed by atoms with Gasteiger partial charge in [-0.2, -0.15) is 4.72 Å². The topological polar surface area (TPSA) is 107 Å². The first-order valence-electron chi connectivity index (χ1n) is 9.93. The molecule has 0 unspecified atom stereocenters. The van der Waals surface area contributed by atoms with Gasteiger partial charge in [0.05, 0.1) is 18.0 Å². The average molecular weight is 434 g/mol. The zero-order valence-corrected chi connectivity index (χ0v) is 17.9. The number of pyridine rings is 1. The third-order valence-corrected chi connectivity index (χ3v) is 6.51. The van der Waals surface area contributed by atoms with Crippen molar-refractivity contribution in [3.05, 3.63) is 48.2 Å². The Kier molecular flexibility index (Phi) is 7.28. The number of aromatic nitrogens is 1. The minimum absolute atomic E-state index is 0.0609. The van der Waals surface area contributed by atoms with E-state index in [-0.39, 0.29) is 17.5 Å². The second-order valence-electron chi connectivity index (χ2n) is 7.26. The number of ether oxygens (including phenoxy) is 2. The summed E-state index contributed by atoms with van der Waals surface area (Å²) < 4.78 is 38.2. The lowest BCUT2D eigenvalue weighted by Crippen LogP contribution is -2.44. The molecule has 1 aromatic heterocycles. The van der Waals surface area contributed by atoms with Gasteiger partial charge in [-0.3, -0.25) is 4.79 Å². The Morgan fingerprint density at radius 3 is 2.57 bits per heavy atom. The number of rotatable bonds is 9. The number of carbonyl (C=O) groups excluding carboxylic acids is 1. The molecule has 0 saturated heterocycles. The maximum atomic E-state index is 12.5. The largest absolute Gasteiger partial charge is 0.497 e. The van der Waals surface area contributed by atoms with E-state index < -0.39 is 22.0 Å². The molecule has 1 aromatic carbocycles. The van der Waals surface area contributed by atoms with Crippen molar-refractivity contribution in [2.24, 2.45) is 0 Å². The molecule has 0 radical (unpaired) electrons. The van der Waals surface area contributed by atoms with Crippen LogP contribution >= 0.6 is 0 Å². The van der Waals surface area contributed by atoms with Crippen LogP contribution in [0.5, 0.6) is 11.6 Å².